The molecule has 4 nitrogen and oxygen atoms in total. The predicted octanol–water partition coefficient (Wildman–Crippen LogP) is 4.55. The highest BCUT2D eigenvalue weighted by Crippen LogP contribution is 2.39. The van der Waals surface area contributed by atoms with E-state index in [1.165, 1.54) is 29.5 Å². The van der Waals surface area contributed by atoms with E-state index in [-0.39, 0.29) is 5.91 Å². The molecular formula is C19H26N2O2S2. The Morgan fingerprint density at radius 3 is 3.12 bits per heavy atom. The minimum atomic E-state index is 0.172. The van der Waals surface area contributed by atoms with Gasteiger partial charge in [-0.05, 0) is 49.4 Å². The van der Waals surface area contributed by atoms with E-state index in [1.807, 2.05) is 46.0 Å². The predicted molar refractivity (Wildman–Crippen MR) is 108 cm³/mol. The van der Waals surface area contributed by atoms with Crippen molar-refractivity contribution in [2.45, 2.75) is 43.8 Å². The van der Waals surface area contributed by atoms with Crippen LogP contribution in [-0.4, -0.2) is 35.5 Å². The van der Waals surface area contributed by atoms with Gasteiger partial charge in [0, 0.05) is 41.1 Å². The molecule has 1 aromatic carbocycles. The highest BCUT2D eigenvalue weighted by molar-refractivity contribution is 8.77. The van der Waals surface area contributed by atoms with Crippen LogP contribution in [0.2, 0.25) is 0 Å². The minimum absolute atomic E-state index is 0.172. The number of carbonyl (C=O) groups excluding carboxylic acids is 1. The van der Waals surface area contributed by atoms with Crippen molar-refractivity contribution in [3.63, 3.8) is 0 Å². The van der Waals surface area contributed by atoms with Crippen molar-refractivity contribution in [1.82, 2.24) is 10.3 Å². The first-order chi connectivity index (χ1) is 12.3. The van der Waals surface area contributed by atoms with Crippen molar-refractivity contribution in [2.75, 3.05) is 19.4 Å². The number of carbonyl (C=O) groups is 1. The van der Waals surface area contributed by atoms with Gasteiger partial charge in [0.25, 0.3) is 0 Å². The summed E-state index contributed by atoms with van der Waals surface area (Å²) >= 11 is 0. The summed E-state index contributed by atoms with van der Waals surface area (Å²) in [5.74, 6) is 2.32. The Balaban J connectivity index is 1.36. The molecule has 0 bridgehead atoms. The molecule has 1 aliphatic rings. The maximum Gasteiger partial charge on any atom is 0.220 e. The van der Waals surface area contributed by atoms with Gasteiger partial charge >= 0.3 is 0 Å². The number of rotatable bonds is 9. The summed E-state index contributed by atoms with van der Waals surface area (Å²) in [5, 5.41) is 5.03. The molecule has 0 saturated carbocycles. The number of H-pyrrole nitrogens is 1. The fourth-order valence-corrected chi connectivity index (χ4v) is 6.17. The van der Waals surface area contributed by atoms with Crippen LogP contribution in [0, 0.1) is 0 Å². The highest BCUT2D eigenvalue weighted by Gasteiger charge is 2.15. The van der Waals surface area contributed by atoms with Gasteiger partial charge in [0.1, 0.15) is 5.75 Å². The molecule has 2 aromatic rings. The van der Waals surface area contributed by atoms with Crippen molar-refractivity contribution < 1.29 is 9.53 Å². The molecule has 0 unspecified atom stereocenters. The molecule has 2 heterocycles. The Morgan fingerprint density at radius 2 is 2.32 bits per heavy atom. The Bertz CT molecular complexity index is 696. The first kappa shape index (κ1) is 18.5. The molecule has 136 valence electrons. The molecule has 3 rings (SSSR count). The van der Waals surface area contributed by atoms with Gasteiger partial charge in [0.2, 0.25) is 5.91 Å². The van der Waals surface area contributed by atoms with Gasteiger partial charge in [-0.3, -0.25) is 4.79 Å². The topological polar surface area (TPSA) is 54.1 Å². The van der Waals surface area contributed by atoms with Crippen molar-refractivity contribution in [3.8, 4) is 5.75 Å². The van der Waals surface area contributed by atoms with E-state index < -0.39 is 0 Å². The molecule has 1 saturated heterocycles. The summed E-state index contributed by atoms with van der Waals surface area (Å²) in [7, 11) is 5.69. The Morgan fingerprint density at radius 1 is 1.40 bits per heavy atom. The Labute approximate surface area is 157 Å². The number of benzene rings is 1. The van der Waals surface area contributed by atoms with Crippen LogP contribution in [0.25, 0.3) is 10.9 Å². The van der Waals surface area contributed by atoms with Crippen LogP contribution < -0.4 is 10.1 Å². The number of amides is 1. The molecule has 1 aliphatic heterocycles. The number of aromatic nitrogens is 1. The number of hydrogen-bond acceptors (Lipinski definition) is 4. The number of hydrogen-bond donors (Lipinski definition) is 2. The van der Waals surface area contributed by atoms with Gasteiger partial charge in [0.05, 0.1) is 7.11 Å². The second kappa shape index (κ2) is 9.43. The second-order valence-electron chi connectivity index (χ2n) is 6.40. The first-order valence-corrected chi connectivity index (χ1v) is 11.3. The smallest absolute Gasteiger partial charge is 0.220 e. The lowest BCUT2D eigenvalue weighted by atomic mass is 10.1. The van der Waals surface area contributed by atoms with E-state index in [4.69, 9.17) is 4.74 Å². The SMILES string of the molecule is COc1ccc2[nH]cc(CCNC(=O)CCCC[C@@H]3CCSS3)c2c1. The van der Waals surface area contributed by atoms with Gasteiger partial charge in [-0.15, -0.1) is 0 Å². The van der Waals surface area contributed by atoms with E-state index in [1.54, 1.807) is 7.11 Å². The zero-order chi connectivity index (χ0) is 17.5. The third-order valence-corrected chi connectivity index (χ3v) is 7.61. The molecule has 0 radical (unpaired) electrons. The van der Waals surface area contributed by atoms with E-state index in [0.29, 0.717) is 13.0 Å². The fourth-order valence-electron chi connectivity index (χ4n) is 3.14. The Kier molecular flexibility index (Phi) is 6.99. The van der Waals surface area contributed by atoms with Crippen molar-refractivity contribution in [2.24, 2.45) is 0 Å². The molecule has 2 N–H and O–H groups in total. The Hall–Kier alpha value is -1.27. The average molecular weight is 379 g/mol. The lowest BCUT2D eigenvalue weighted by Gasteiger charge is -2.07. The minimum Gasteiger partial charge on any atom is -0.497 e. The molecule has 0 spiro atoms. The lowest BCUT2D eigenvalue weighted by molar-refractivity contribution is -0.121. The first-order valence-electron chi connectivity index (χ1n) is 8.95. The van der Waals surface area contributed by atoms with E-state index in [2.05, 4.69) is 10.3 Å². The van der Waals surface area contributed by atoms with Gasteiger partial charge in [0.15, 0.2) is 0 Å². The van der Waals surface area contributed by atoms with Crippen LogP contribution in [0.15, 0.2) is 24.4 Å². The summed E-state index contributed by atoms with van der Waals surface area (Å²) in [4.78, 5) is 15.3. The number of unbranched alkanes of at least 4 members (excludes halogenated alkanes) is 1. The number of methoxy groups -OCH3 is 1. The van der Waals surface area contributed by atoms with E-state index in [9.17, 15) is 4.79 Å². The number of fused-ring (bicyclic) bond motifs is 1. The summed E-state index contributed by atoms with van der Waals surface area (Å²) in [5.41, 5.74) is 2.31. The number of aromatic amines is 1. The van der Waals surface area contributed by atoms with E-state index in [0.717, 1.165) is 35.8 Å². The van der Waals surface area contributed by atoms with Gasteiger partial charge < -0.3 is 15.0 Å². The largest absolute Gasteiger partial charge is 0.497 e. The van der Waals surface area contributed by atoms with Crippen LogP contribution >= 0.6 is 21.6 Å². The van der Waals surface area contributed by atoms with Crippen LogP contribution in [-0.2, 0) is 11.2 Å². The maximum absolute atomic E-state index is 12.0. The normalized spacial score (nSPS) is 17.1. The molecule has 25 heavy (non-hydrogen) atoms. The molecule has 1 aromatic heterocycles. The van der Waals surface area contributed by atoms with Crippen molar-refractivity contribution in [1.29, 1.82) is 0 Å². The zero-order valence-electron chi connectivity index (χ0n) is 14.7. The van der Waals surface area contributed by atoms with Crippen LogP contribution in [0.3, 0.4) is 0 Å². The summed E-state index contributed by atoms with van der Waals surface area (Å²) < 4.78 is 5.29. The highest BCUT2D eigenvalue weighted by atomic mass is 33.1. The molecule has 1 amide bonds. The lowest BCUT2D eigenvalue weighted by Crippen LogP contribution is -2.25. The van der Waals surface area contributed by atoms with Gasteiger partial charge in [-0.25, -0.2) is 0 Å². The second-order valence-corrected chi connectivity index (χ2v) is 9.19. The number of ether oxygens (including phenoxy) is 1. The maximum atomic E-state index is 12.0. The summed E-state index contributed by atoms with van der Waals surface area (Å²) in [6.07, 6.45) is 8.24. The van der Waals surface area contributed by atoms with Crippen molar-refractivity contribution in [3.05, 3.63) is 30.0 Å². The number of nitrogens with one attached hydrogen (secondary N) is 2. The van der Waals surface area contributed by atoms with Crippen molar-refractivity contribution >= 4 is 38.4 Å². The standard InChI is InChI=1S/C19H26N2O2S2/c1-23-15-6-7-18-17(12-15)14(13-21-18)8-10-20-19(22)5-3-2-4-16-9-11-24-25-16/h6-7,12-13,16,21H,2-5,8-11H2,1H3,(H,20,22)/t16-/m1/s1. The van der Waals surface area contributed by atoms with Crippen LogP contribution in [0.1, 0.15) is 37.7 Å². The fraction of sp³-hybridized carbons (Fsp3) is 0.526. The van der Waals surface area contributed by atoms with E-state index >= 15 is 0 Å². The molecular weight excluding hydrogens is 352 g/mol. The van der Waals surface area contributed by atoms with Gasteiger partial charge in [-0.1, -0.05) is 28.0 Å². The quantitative estimate of drug-likeness (QED) is 0.496. The van der Waals surface area contributed by atoms with Gasteiger partial charge in [-0.2, -0.15) is 0 Å². The monoisotopic (exact) mass is 378 g/mol. The molecule has 6 heteroatoms. The summed E-state index contributed by atoms with van der Waals surface area (Å²) in [6.45, 7) is 0.679. The van der Waals surface area contributed by atoms with Crippen LogP contribution in [0.4, 0.5) is 0 Å². The summed E-state index contributed by atoms with van der Waals surface area (Å²) in [6, 6.07) is 6.02. The molecule has 1 atom stereocenters. The average Bonchev–Trinajstić information content (AvgIpc) is 3.28. The third kappa shape index (κ3) is 5.35. The molecule has 1 fully saturated rings. The third-order valence-electron chi connectivity index (χ3n) is 4.60. The zero-order valence-corrected chi connectivity index (χ0v) is 16.3. The molecule has 0 aliphatic carbocycles. The van der Waals surface area contributed by atoms with Crippen LogP contribution in [0.5, 0.6) is 5.75 Å².